The van der Waals surface area contributed by atoms with Gasteiger partial charge in [-0.2, -0.15) is 0 Å². The quantitative estimate of drug-likeness (QED) is 0.374. The molecule has 8 atom stereocenters. The highest BCUT2D eigenvalue weighted by atomic mass is 35.5. The van der Waals surface area contributed by atoms with E-state index in [0.29, 0.717) is 29.1 Å². The number of esters is 1. The standard InChI is InChI=1S/C35H38ClN3O7/c1-3-23(20-40)39-31-33(43)38(25-15-8-7-14-24(25)36)19-11-18-35(31)29(32(39)42)28-26(46-35)16-9-10-17-27(41)37-21(2)30(45-34(28)44)22-12-5-4-6-13-22/h4-9,11-16,18,21,23,26,28-31,40H,3,10,17,19-20H2,1-2H3,(H,37,41)/b16-9-/t21-,23-,26-,28+,29+,30+,31-,35+/m0/s1. The number of carbonyl (C=O) groups excluding carboxylic acids is 4. The number of fused-ring (bicyclic) bond motifs is 2. The third-order valence-corrected chi connectivity index (χ3v) is 9.82. The molecular weight excluding hydrogens is 610 g/mol. The number of benzene rings is 2. The molecule has 46 heavy (non-hydrogen) atoms. The van der Waals surface area contributed by atoms with Gasteiger partial charge in [-0.1, -0.05) is 85.3 Å². The fourth-order valence-corrected chi connectivity index (χ4v) is 7.58. The first-order chi connectivity index (χ1) is 22.2. The third kappa shape index (κ3) is 5.42. The summed E-state index contributed by atoms with van der Waals surface area (Å²) in [4.78, 5) is 59.3. The molecule has 0 aliphatic carbocycles. The topological polar surface area (TPSA) is 125 Å². The van der Waals surface area contributed by atoms with Crippen LogP contribution in [0.25, 0.3) is 0 Å². The van der Waals surface area contributed by atoms with Gasteiger partial charge in [-0.3, -0.25) is 19.2 Å². The van der Waals surface area contributed by atoms with Gasteiger partial charge in [0.2, 0.25) is 11.8 Å². The summed E-state index contributed by atoms with van der Waals surface area (Å²) in [6.07, 6.45) is 6.16. The summed E-state index contributed by atoms with van der Waals surface area (Å²) in [6, 6.07) is 13.6. The number of nitrogens with zero attached hydrogens (tertiary/aromatic N) is 2. The van der Waals surface area contributed by atoms with Crippen LogP contribution >= 0.6 is 11.6 Å². The lowest BCUT2D eigenvalue weighted by molar-refractivity contribution is -0.161. The van der Waals surface area contributed by atoms with Crippen LogP contribution in [0.4, 0.5) is 5.69 Å². The highest BCUT2D eigenvalue weighted by Gasteiger charge is 2.72. The van der Waals surface area contributed by atoms with E-state index in [1.807, 2.05) is 37.3 Å². The van der Waals surface area contributed by atoms with E-state index in [1.165, 1.54) is 9.80 Å². The van der Waals surface area contributed by atoms with Crippen LogP contribution in [0.1, 0.15) is 44.8 Å². The molecule has 2 aromatic rings. The third-order valence-electron chi connectivity index (χ3n) is 9.50. The number of aliphatic hydroxyl groups excluding tert-OH is 1. The number of amides is 3. The number of nitrogens with one attached hydrogen (secondary N) is 1. The largest absolute Gasteiger partial charge is 0.455 e. The van der Waals surface area contributed by atoms with Crippen molar-refractivity contribution in [1.29, 1.82) is 0 Å². The van der Waals surface area contributed by atoms with Crippen molar-refractivity contribution in [1.82, 2.24) is 10.2 Å². The van der Waals surface area contributed by atoms with Gasteiger partial charge >= 0.3 is 5.97 Å². The van der Waals surface area contributed by atoms with Gasteiger partial charge in [0, 0.05) is 13.0 Å². The van der Waals surface area contributed by atoms with Crippen LogP contribution < -0.4 is 10.2 Å². The second-order valence-electron chi connectivity index (χ2n) is 12.2. The number of rotatable bonds is 5. The van der Waals surface area contributed by atoms with Gasteiger partial charge in [-0.05, 0) is 37.5 Å². The Hall–Kier alpha value is -3.99. The van der Waals surface area contributed by atoms with Gasteiger partial charge in [0.1, 0.15) is 23.7 Å². The number of hydrogen-bond acceptors (Lipinski definition) is 7. The van der Waals surface area contributed by atoms with Crippen molar-refractivity contribution in [3.8, 4) is 0 Å². The van der Waals surface area contributed by atoms with E-state index in [0.717, 1.165) is 0 Å². The Kier molecular flexibility index (Phi) is 9.05. The lowest BCUT2D eigenvalue weighted by atomic mass is 9.77. The Labute approximate surface area is 273 Å². The summed E-state index contributed by atoms with van der Waals surface area (Å²) in [7, 11) is 0. The Bertz CT molecular complexity index is 1560. The number of para-hydroxylation sites is 1. The van der Waals surface area contributed by atoms with E-state index < -0.39 is 65.6 Å². The van der Waals surface area contributed by atoms with Crippen molar-refractivity contribution in [2.45, 2.75) is 69.0 Å². The minimum Gasteiger partial charge on any atom is -0.455 e. The maximum atomic E-state index is 14.6. The lowest BCUT2D eigenvalue weighted by Gasteiger charge is -2.38. The van der Waals surface area contributed by atoms with Crippen molar-refractivity contribution < 1.29 is 33.8 Å². The van der Waals surface area contributed by atoms with Crippen LogP contribution in [0, 0.1) is 11.8 Å². The van der Waals surface area contributed by atoms with Crippen molar-refractivity contribution in [2.24, 2.45) is 11.8 Å². The number of cyclic esters (lactones) is 1. The maximum Gasteiger partial charge on any atom is 0.313 e. The predicted molar refractivity (Wildman–Crippen MR) is 171 cm³/mol. The summed E-state index contributed by atoms with van der Waals surface area (Å²) in [5, 5.41) is 13.7. The molecule has 2 saturated heterocycles. The fourth-order valence-electron chi connectivity index (χ4n) is 7.34. The van der Waals surface area contributed by atoms with Crippen LogP contribution in [0.5, 0.6) is 0 Å². The number of carbonyl (C=O) groups is 4. The highest BCUT2D eigenvalue weighted by Crippen LogP contribution is 2.54. The van der Waals surface area contributed by atoms with Crippen molar-refractivity contribution >= 4 is 41.0 Å². The first-order valence-electron chi connectivity index (χ1n) is 15.8. The number of anilines is 1. The average molecular weight is 648 g/mol. The van der Waals surface area contributed by atoms with Crippen molar-refractivity contribution in [2.75, 3.05) is 18.1 Å². The molecule has 4 heterocycles. The molecular formula is C35H38ClN3O7. The Morgan fingerprint density at radius 1 is 1.04 bits per heavy atom. The molecule has 0 radical (unpaired) electrons. The number of hydrogen-bond donors (Lipinski definition) is 2. The van der Waals surface area contributed by atoms with Gasteiger partial charge in [0.05, 0.1) is 41.4 Å². The van der Waals surface area contributed by atoms with E-state index in [-0.39, 0.29) is 25.5 Å². The second kappa shape index (κ2) is 13.0. The molecule has 1 spiro atoms. The number of allylic oxidation sites excluding steroid dienone is 1. The smallest absolute Gasteiger partial charge is 0.313 e. The molecule has 2 fully saturated rings. The molecule has 242 valence electrons. The molecule has 0 aromatic heterocycles. The van der Waals surface area contributed by atoms with Crippen LogP contribution in [-0.2, 0) is 28.7 Å². The van der Waals surface area contributed by atoms with E-state index in [1.54, 1.807) is 55.5 Å². The van der Waals surface area contributed by atoms with E-state index in [9.17, 15) is 24.3 Å². The molecule has 0 saturated carbocycles. The van der Waals surface area contributed by atoms with Gasteiger partial charge in [0.25, 0.3) is 5.91 Å². The SMILES string of the molecule is CC[C@@H](CO)N1C(=O)[C@H]2[C@@H]3C(=O)O[C@@H](c4ccccc4)[C@H](C)NC(=O)CC/C=C\[C@@H]3O[C@]23C=CCN(c2ccccc2Cl)C(=O)[C@H]13. The molecule has 0 unspecified atom stereocenters. The lowest BCUT2D eigenvalue weighted by Crippen LogP contribution is -2.58. The molecule has 6 rings (SSSR count). The zero-order valence-corrected chi connectivity index (χ0v) is 26.5. The molecule has 10 nitrogen and oxygen atoms in total. The van der Waals surface area contributed by atoms with Crippen LogP contribution in [0.2, 0.25) is 5.02 Å². The van der Waals surface area contributed by atoms with Gasteiger partial charge in [0.15, 0.2) is 0 Å². The summed E-state index contributed by atoms with van der Waals surface area (Å²) in [5.41, 5.74) is -0.373. The van der Waals surface area contributed by atoms with E-state index in [4.69, 9.17) is 21.1 Å². The number of likely N-dealkylation sites (tertiary alicyclic amines) is 1. The number of ether oxygens (including phenoxy) is 2. The fraction of sp³-hybridized carbons (Fsp3) is 0.429. The molecule has 2 N–H and O–H groups in total. The monoisotopic (exact) mass is 647 g/mol. The number of aliphatic hydroxyl groups is 1. The molecule has 3 amide bonds. The normalized spacial score (nSPS) is 32.7. The van der Waals surface area contributed by atoms with Gasteiger partial charge in [-0.25, -0.2) is 0 Å². The molecule has 0 bridgehead atoms. The summed E-state index contributed by atoms with van der Waals surface area (Å²) in [5.74, 6) is -3.98. The Morgan fingerprint density at radius 3 is 2.50 bits per heavy atom. The maximum absolute atomic E-state index is 14.6. The number of halogens is 1. The van der Waals surface area contributed by atoms with Crippen molar-refractivity contribution in [3.05, 3.63) is 89.5 Å². The van der Waals surface area contributed by atoms with Crippen LogP contribution in [-0.4, -0.2) is 76.7 Å². The first kappa shape index (κ1) is 32.0. The molecule has 2 aromatic carbocycles. The summed E-state index contributed by atoms with van der Waals surface area (Å²) in [6.45, 7) is 3.38. The zero-order chi connectivity index (χ0) is 32.6. The summed E-state index contributed by atoms with van der Waals surface area (Å²) >= 11 is 6.54. The van der Waals surface area contributed by atoms with Crippen LogP contribution in [0.15, 0.2) is 78.9 Å². The molecule has 11 heteroatoms. The average Bonchev–Trinajstić information content (AvgIpc) is 3.44. The minimum absolute atomic E-state index is 0.159. The molecule has 4 aliphatic rings. The second-order valence-corrected chi connectivity index (χ2v) is 12.6. The van der Waals surface area contributed by atoms with E-state index in [2.05, 4.69) is 5.32 Å². The highest BCUT2D eigenvalue weighted by molar-refractivity contribution is 6.34. The van der Waals surface area contributed by atoms with Gasteiger partial charge in [-0.15, -0.1) is 0 Å². The Morgan fingerprint density at radius 2 is 1.78 bits per heavy atom. The summed E-state index contributed by atoms with van der Waals surface area (Å²) < 4.78 is 13.0. The molecule has 4 aliphatic heterocycles. The zero-order valence-electron chi connectivity index (χ0n) is 25.8. The van der Waals surface area contributed by atoms with Crippen molar-refractivity contribution in [3.63, 3.8) is 0 Å². The minimum atomic E-state index is -1.53. The van der Waals surface area contributed by atoms with Crippen LogP contribution in [0.3, 0.4) is 0 Å². The van der Waals surface area contributed by atoms with E-state index >= 15 is 0 Å². The Balaban J connectivity index is 1.47. The first-order valence-corrected chi connectivity index (χ1v) is 16.2. The predicted octanol–water partition coefficient (Wildman–Crippen LogP) is 3.73. The van der Waals surface area contributed by atoms with Gasteiger partial charge < -0.3 is 29.7 Å².